The van der Waals surface area contributed by atoms with Crippen LogP contribution in [0.2, 0.25) is 0 Å². The van der Waals surface area contributed by atoms with Gasteiger partial charge in [-0.3, -0.25) is 14.4 Å². The first-order chi connectivity index (χ1) is 10.5. The third-order valence-corrected chi connectivity index (χ3v) is 4.72. The Morgan fingerprint density at radius 1 is 1.41 bits per heavy atom. The Hall–Kier alpha value is -1.60. The number of rotatable bonds is 5. The Morgan fingerprint density at radius 2 is 2.09 bits per heavy atom. The van der Waals surface area contributed by atoms with Crippen LogP contribution in [0.25, 0.3) is 0 Å². The van der Waals surface area contributed by atoms with Gasteiger partial charge in [0.05, 0.1) is 17.9 Å². The van der Waals surface area contributed by atoms with Gasteiger partial charge in [0.15, 0.2) is 0 Å². The minimum Gasteiger partial charge on any atom is -0.342 e. The molecule has 2 amide bonds. The highest BCUT2D eigenvalue weighted by atomic mass is 32.2. The number of thioether (sulfide) groups is 1. The summed E-state index contributed by atoms with van der Waals surface area (Å²) >= 11 is 1.32. The molecule has 0 aliphatic carbocycles. The van der Waals surface area contributed by atoms with E-state index in [0.29, 0.717) is 10.6 Å². The van der Waals surface area contributed by atoms with Crippen LogP contribution in [0.4, 0.5) is 0 Å². The SMILES string of the molecule is CON(C)C(=O)c1cccnc1SC(C)C(=O)N1CCCC1. The van der Waals surface area contributed by atoms with Crippen LogP contribution in [0.3, 0.4) is 0 Å². The molecule has 1 aromatic rings. The van der Waals surface area contributed by atoms with Crippen molar-refractivity contribution in [1.82, 2.24) is 14.9 Å². The molecule has 1 saturated heterocycles. The van der Waals surface area contributed by atoms with Gasteiger partial charge in [0, 0.05) is 26.3 Å². The van der Waals surface area contributed by atoms with Crippen LogP contribution < -0.4 is 0 Å². The van der Waals surface area contributed by atoms with Crippen molar-refractivity contribution in [1.29, 1.82) is 0 Å². The number of likely N-dealkylation sites (tertiary alicyclic amines) is 1. The highest BCUT2D eigenvalue weighted by Gasteiger charge is 2.26. The standard InChI is InChI=1S/C15H21N3O3S/c1-11(14(19)18-9-4-5-10-18)22-13-12(7-6-8-16-13)15(20)17(2)21-3/h6-8,11H,4-5,9-10H2,1-3H3. The van der Waals surface area contributed by atoms with Crippen molar-refractivity contribution in [3.63, 3.8) is 0 Å². The maximum atomic E-state index is 12.4. The Balaban J connectivity index is 2.12. The van der Waals surface area contributed by atoms with Gasteiger partial charge < -0.3 is 4.90 Å². The lowest BCUT2D eigenvalue weighted by molar-refractivity contribution is -0.129. The summed E-state index contributed by atoms with van der Waals surface area (Å²) in [6.45, 7) is 3.50. The first kappa shape index (κ1) is 16.8. The Labute approximate surface area is 134 Å². The minimum absolute atomic E-state index is 0.103. The van der Waals surface area contributed by atoms with Crippen LogP contribution in [0, 0.1) is 0 Å². The zero-order valence-corrected chi connectivity index (χ0v) is 13.9. The number of nitrogens with zero attached hydrogens (tertiary/aromatic N) is 3. The lowest BCUT2D eigenvalue weighted by atomic mass is 10.3. The summed E-state index contributed by atoms with van der Waals surface area (Å²) in [5.74, 6) is -0.175. The van der Waals surface area contributed by atoms with Crippen LogP contribution >= 0.6 is 11.8 Å². The zero-order valence-electron chi connectivity index (χ0n) is 13.1. The molecule has 1 fully saturated rings. The van der Waals surface area contributed by atoms with Gasteiger partial charge in [-0.05, 0) is 31.9 Å². The van der Waals surface area contributed by atoms with Crippen molar-refractivity contribution in [2.45, 2.75) is 30.0 Å². The zero-order chi connectivity index (χ0) is 16.1. The number of hydrogen-bond acceptors (Lipinski definition) is 5. The number of aromatic nitrogens is 1. The van der Waals surface area contributed by atoms with E-state index in [4.69, 9.17) is 4.84 Å². The number of amides is 2. The predicted molar refractivity (Wildman–Crippen MR) is 84.5 cm³/mol. The van der Waals surface area contributed by atoms with Crippen LogP contribution in [0.15, 0.2) is 23.4 Å². The van der Waals surface area contributed by atoms with Crippen molar-refractivity contribution < 1.29 is 14.4 Å². The van der Waals surface area contributed by atoms with E-state index in [9.17, 15) is 9.59 Å². The third-order valence-electron chi connectivity index (χ3n) is 3.62. The van der Waals surface area contributed by atoms with Gasteiger partial charge in [-0.15, -0.1) is 0 Å². The van der Waals surface area contributed by atoms with Gasteiger partial charge in [0.25, 0.3) is 5.91 Å². The first-order valence-corrected chi connectivity index (χ1v) is 8.15. The van der Waals surface area contributed by atoms with Crippen LogP contribution in [-0.4, -0.2) is 59.3 Å². The van der Waals surface area contributed by atoms with Gasteiger partial charge in [0.2, 0.25) is 5.91 Å². The Morgan fingerprint density at radius 3 is 2.73 bits per heavy atom. The predicted octanol–water partition coefficient (Wildman–Crippen LogP) is 1.82. The van der Waals surface area contributed by atoms with Crippen molar-refractivity contribution in [3.05, 3.63) is 23.9 Å². The average molecular weight is 323 g/mol. The molecule has 22 heavy (non-hydrogen) atoms. The molecule has 1 aliphatic rings. The molecule has 0 bridgehead atoms. The van der Waals surface area contributed by atoms with Crippen LogP contribution in [0.5, 0.6) is 0 Å². The van der Waals surface area contributed by atoms with Crippen molar-refractivity contribution >= 4 is 23.6 Å². The van der Waals surface area contributed by atoms with Crippen molar-refractivity contribution in [3.8, 4) is 0 Å². The fraction of sp³-hybridized carbons (Fsp3) is 0.533. The molecule has 0 aromatic carbocycles. The topological polar surface area (TPSA) is 62.7 Å². The molecule has 0 spiro atoms. The molecule has 120 valence electrons. The molecule has 2 rings (SSSR count). The number of carbonyl (C=O) groups excluding carboxylic acids is 2. The second kappa shape index (κ2) is 7.60. The fourth-order valence-electron chi connectivity index (χ4n) is 2.31. The van der Waals surface area contributed by atoms with Crippen LogP contribution in [-0.2, 0) is 9.63 Å². The fourth-order valence-corrected chi connectivity index (χ4v) is 3.30. The van der Waals surface area contributed by atoms with Gasteiger partial charge in [-0.1, -0.05) is 11.8 Å². The highest BCUT2D eigenvalue weighted by Crippen LogP contribution is 2.27. The number of hydrogen-bond donors (Lipinski definition) is 0. The molecular formula is C15H21N3O3S. The van der Waals surface area contributed by atoms with E-state index in [-0.39, 0.29) is 17.1 Å². The monoisotopic (exact) mass is 323 g/mol. The normalized spacial score (nSPS) is 15.7. The van der Waals surface area contributed by atoms with E-state index < -0.39 is 0 Å². The molecule has 1 aromatic heterocycles. The third kappa shape index (κ3) is 3.78. The van der Waals surface area contributed by atoms with Gasteiger partial charge in [0.1, 0.15) is 5.03 Å². The second-order valence-electron chi connectivity index (χ2n) is 5.13. The van der Waals surface area contributed by atoms with E-state index in [1.165, 1.54) is 18.9 Å². The largest absolute Gasteiger partial charge is 0.342 e. The molecule has 0 N–H and O–H groups in total. The maximum Gasteiger partial charge on any atom is 0.279 e. The van der Waals surface area contributed by atoms with E-state index >= 15 is 0 Å². The average Bonchev–Trinajstić information content (AvgIpc) is 3.07. The van der Waals surface area contributed by atoms with E-state index in [0.717, 1.165) is 31.0 Å². The molecular weight excluding hydrogens is 302 g/mol. The highest BCUT2D eigenvalue weighted by molar-refractivity contribution is 8.00. The summed E-state index contributed by atoms with van der Waals surface area (Å²) in [6, 6.07) is 3.40. The molecule has 1 unspecified atom stereocenters. The molecule has 6 nitrogen and oxygen atoms in total. The van der Waals surface area contributed by atoms with E-state index in [2.05, 4.69) is 4.98 Å². The van der Waals surface area contributed by atoms with Gasteiger partial charge >= 0.3 is 0 Å². The summed E-state index contributed by atoms with van der Waals surface area (Å²) in [7, 11) is 2.98. The molecule has 2 heterocycles. The Bertz CT molecular complexity index is 547. The number of carbonyl (C=O) groups is 2. The molecule has 1 aliphatic heterocycles. The van der Waals surface area contributed by atoms with Crippen molar-refractivity contribution in [2.24, 2.45) is 0 Å². The quantitative estimate of drug-likeness (QED) is 0.611. The summed E-state index contributed by atoms with van der Waals surface area (Å²) in [5, 5.41) is 1.43. The minimum atomic E-state index is -0.279. The first-order valence-electron chi connectivity index (χ1n) is 7.27. The lowest BCUT2D eigenvalue weighted by Gasteiger charge is -2.21. The molecule has 0 saturated carbocycles. The molecule has 0 radical (unpaired) electrons. The molecule has 7 heteroatoms. The van der Waals surface area contributed by atoms with E-state index in [1.54, 1.807) is 25.4 Å². The lowest BCUT2D eigenvalue weighted by Crippen LogP contribution is -2.34. The second-order valence-corrected chi connectivity index (χ2v) is 6.46. The van der Waals surface area contributed by atoms with Crippen molar-refractivity contribution in [2.75, 3.05) is 27.2 Å². The Kier molecular flexibility index (Phi) is 5.79. The van der Waals surface area contributed by atoms with Gasteiger partial charge in [-0.2, -0.15) is 0 Å². The van der Waals surface area contributed by atoms with E-state index in [1.807, 2.05) is 11.8 Å². The van der Waals surface area contributed by atoms with Crippen LogP contribution in [0.1, 0.15) is 30.1 Å². The summed E-state index contributed by atoms with van der Waals surface area (Å²) < 4.78 is 0. The van der Waals surface area contributed by atoms with Gasteiger partial charge in [-0.25, -0.2) is 10.0 Å². The number of pyridine rings is 1. The summed E-state index contributed by atoms with van der Waals surface area (Å²) in [6.07, 6.45) is 3.75. The maximum absolute atomic E-state index is 12.4. The molecule has 1 atom stereocenters. The number of hydroxylamine groups is 2. The summed E-state index contributed by atoms with van der Waals surface area (Å²) in [5.41, 5.74) is 0.443. The smallest absolute Gasteiger partial charge is 0.279 e. The summed E-state index contributed by atoms with van der Waals surface area (Å²) in [4.78, 5) is 35.7.